The van der Waals surface area contributed by atoms with Crippen molar-refractivity contribution in [1.29, 1.82) is 0 Å². The standard InChI is InChI=1S/C19H25N3O2S/c1-21(2)11-18-20-17(13-25-18)19(24)22-7-6-15(10-22)8-14-4-3-5-16(9-14)12-23/h3-5,9,13,15,23H,6-8,10-12H2,1-2H3/t15-/m1/s1. The van der Waals surface area contributed by atoms with Crippen LogP contribution in [0.2, 0.25) is 0 Å². The molecule has 2 heterocycles. The Morgan fingerprint density at radius 1 is 1.40 bits per heavy atom. The molecule has 6 heteroatoms. The third kappa shape index (κ3) is 4.66. The predicted molar refractivity (Wildman–Crippen MR) is 99.6 cm³/mol. The van der Waals surface area contributed by atoms with Gasteiger partial charge in [-0.05, 0) is 44.0 Å². The molecule has 1 atom stereocenters. The summed E-state index contributed by atoms with van der Waals surface area (Å²) in [7, 11) is 4.00. The monoisotopic (exact) mass is 359 g/mol. The highest BCUT2D eigenvalue weighted by Gasteiger charge is 2.28. The molecule has 0 radical (unpaired) electrons. The molecule has 3 rings (SSSR count). The fourth-order valence-electron chi connectivity index (χ4n) is 3.29. The lowest BCUT2D eigenvalue weighted by Crippen LogP contribution is -2.29. The van der Waals surface area contributed by atoms with E-state index in [1.165, 1.54) is 5.56 Å². The molecule has 134 valence electrons. The molecule has 2 aromatic rings. The van der Waals surface area contributed by atoms with Gasteiger partial charge in [0.2, 0.25) is 0 Å². The molecule has 1 amide bonds. The van der Waals surface area contributed by atoms with E-state index in [4.69, 9.17) is 0 Å². The minimum Gasteiger partial charge on any atom is -0.392 e. The first-order valence-electron chi connectivity index (χ1n) is 8.62. The van der Waals surface area contributed by atoms with E-state index in [1.807, 2.05) is 36.5 Å². The predicted octanol–water partition coefficient (Wildman–Crippen LogP) is 2.40. The summed E-state index contributed by atoms with van der Waals surface area (Å²) in [5, 5.41) is 12.1. The maximum atomic E-state index is 12.7. The summed E-state index contributed by atoms with van der Waals surface area (Å²) in [6.07, 6.45) is 1.96. The first kappa shape index (κ1) is 18.0. The average molecular weight is 359 g/mol. The summed E-state index contributed by atoms with van der Waals surface area (Å²) in [6.45, 7) is 2.41. The van der Waals surface area contributed by atoms with Crippen molar-refractivity contribution in [3.63, 3.8) is 0 Å². The summed E-state index contributed by atoms with van der Waals surface area (Å²) in [5.41, 5.74) is 2.75. The lowest BCUT2D eigenvalue weighted by Gasteiger charge is -2.15. The molecule has 0 spiro atoms. The second-order valence-corrected chi connectivity index (χ2v) is 7.89. The summed E-state index contributed by atoms with van der Waals surface area (Å²) >= 11 is 1.55. The Morgan fingerprint density at radius 3 is 2.96 bits per heavy atom. The van der Waals surface area contributed by atoms with Crippen LogP contribution in [0.3, 0.4) is 0 Å². The zero-order valence-electron chi connectivity index (χ0n) is 14.8. The minimum atomic E-state index is 0.0489. The number of thiazole rings is 1. The fraction of sp³-hybridized carbons (Fsp3) is 0.474. The van der Waals surface area contributed by atoms with Gasteiger partial charge >= 0.3 is 0 Å². The van der Waals surface area contributed by atoms with Crippen LogP contribution >= 0.6 is 11.3 Å². The van der Waals surface area contributed by atoms with E-state index in [-0.39, 0.29) is 12.5 Å². The second kappa shape index (κ2) is 8.08. The van der Waals surface area contributed by atoms with E-state index < -0.39 is 0 Å². The number of hydrogen-bond donors (Lipinski definition) is 1. The molecule has 1 aliphatic rings. The Morgan fingerprint density at radius 2 is 2.20 bits per heavy atom. The maximum absolute atomic E-state index is 12.7. The minimum absolute atomic E-state index is 0.0489. The van der Waals surface area contributed by atoms with Crippen molar-refractivity contribution < 1.29 is 9.90 Å². The Kier molecular flexibility index (Phi) is 5.83. The third-order valence-electron chi connectivity index (χ3n) is 4.49. The van der Waals surface area contributed by atoms with E-state index in [0.717, 1.165) is 43.0 Å². The smallest absolute Gasteiger partial charge is 0.273 e. The Labute approximate surface area is 152 Å². The summed E-state index contributed by atoms with van der Waals surface area (Å²) in [4.78, 5) is 21.1. The molecular formula is C19H25N3O2S. The number of benzene rings is 1. The lowest BCUT2D eigenvalue weighted by molar-refractivity contribution is 0.0781. The van der Waals surface area contributed by atoms with Crippen molar-refractivity contribution in [2.45, 2.75) is 26.0 Å². The van der Waals surface area contributed by atoms with Crippen LogP contribution < -0.4 is 0 Å². The van der Waals surface area contributed by atoms with Crippen LogP contribution in [-0.2, 0) is 19.6 Å². The van der Waals surface area contributed by atoms with Crippen molar-refractivity contribution in [3.05, 3.63) is 51.5 Å². The number of amides is 1. The number of aliphatic hydroxyl groups excluding tert-OH is 1. The molecule has 1 N–H and O–H groups in total. The SMILES string of the molecule is CN(C)Cc1nc(C(=O)N2CC[C@H](Cc3cccc(CO)c3)C2)cs1. The second-order valence-electron chi connectivity index (χ2n) is 6.95. The van der Waals surface area contributed by atoms with Gasteiger partial charge in [-0.15, -0.1) is 11.3 Å². The molecule has 0 aliphatic carbocycles. The Hall–Kier alpha value is -1.76. The van der Waals surface area contributed by atoms with E-state index in [1.54, 1.807) is 11.3 Å². The number of carbonyl (C=O) groups excluding carboxylic acids is 1. The van der Waals surface area contributed by atoms with Crippen molar-refractivity contribution in [3.8, 4) is 0 Å². The van der Waals surface area contributed by atoms with E-state index in [0.29, 0.717) is 11.6 Å². The number of carbonyl (C=O) groups is 1. The normalized spacial score (nSPS) is 17.4. The number of hydrogen-bond acceptors (Lipinski definition) is 5. The van der Waals surface area contributed by atoms with Crippen LogP contribution in [0.25, 0.3) is 0 Å². The lowest BCUT2D eigenvalue weighted by atomic mass is 9.97. The molecule has 1 fully saturated rings. The van der Waals surface area contributed by atoms with Gasteiger partial charge in [0.15, 0.2) is 0 Å². The zero-order valence-corrected chi connectivity index (χ0v) is 15.6. The number of nitrogens with zero attached hydrogens (tertiary/aromatic N) is 3. The van der Waals surface area contributed by atoms with E-state index in [9.17, 15) is 9.90 Å². The van der Waals surface area contributed by atoms with Crippen LogP contribution in [0.4, 0.5) is 0 Å². The van der Waals surface area contributed by atoms with Crippen molar-refractivity contribution >= 4 is 17.2 Å². The van der Waals surface area contributed by atoms with Crippen LogP contribution in [0.5, 0.6) is 0 Å². The summed E-state index contributed by atoms with van der Waals surface area (Å²) in [5.74, 6) is 0.519. The molecule has 1 aliphatic heterocycles. The largest absolute Gasteiger partial charge is 0.392 e. The molecule has 25 heavy (non-hydrogen) atoms. The van der Waals surface area contributed by atoms with Crippen LogP contribution in [0.15, 0.2) is 29.6 Å². The quantitative estimate of drug-likeness (QED) is 0.860. The first-order valence-corrected chi connectivity index (χ1v) is 9.50. The number of likely N-dealkylation sites (tertiary alicyclic amines) is 1. The summed E-state index contributed by atoms with van der Waals surface area (Å²) < 4.78 is 0. The molecule has 1 aromatic heterocycles. The first-order chi connectivity index (χ1) is 12.0. The molecule has 0 saturated carbocycles. The molecule has 5 nitrogen and oxygen atoms in total. The van der Waals surface area contributed by atoms with Crippen LogP contribution in [0, 0.1) is 5.92 Å². The van der Waals surface area contributed by atoms with E-state index >= 15 is 0 Å². The third-order valence-corrected chi connectivity index (χ3v) is 5.33. The van der Waals surface area contributed by atoms with Gasteiger partial charge in [-0.25, -0.2) is 4.98 Å². The highest BCUT2D eigenvalue weighted by molar-refractivity contribution is 7.09. The van der Waals surface area contributed by atoms with Gasteiger partial charge in [0.1, 0.15) is 10.7 Å². The van der Waals surface area contributed by atoms with Gasteiger partial charge in [-0.2, -0.15) is 0 Å². The number of aliphatic hydroxyl groups is 1. The molecule has 0 unspecified atom stereocenters. The zero-order chi connectivity index (χ0) is 17.8. The van der Waals surface area contributed by atoms with Gasteiger partial charge in [0, 0.05) is 25.0 Å². The van der Waals surface area contributed by atoms with Gasteiger partial charge < -0.3 is 14.9 Å². The highest BCUT2D eigenvalue weighted by Crippen LogP contribution is 2.23. The molecular weight excluding hydrogens is 334 g/mol. The number of aromatic nitrogens is 1. The summed E-state index contributed by atoms with van der Waals surface area (Å²) in [6, 6.07) is 8.07. The topological polar surface area (TPSA) is 56.7 Å². The Balaban J connectivity index is 1.58. The number of rotatable bonds is 6. The van der Waals surface area contributed by atoms with Crippen LogP contribution in [-0.4, -0.2) is 53.0 Å². The van der Waals surface area contributed by atoms with Crippen molar-refractivity contribution in [2.24, 2.45) is 5.92 Å². The van der Waals surface area contributed by atoms with Gasteiger partial charge in [0.25, 0.3) is 5.91 Å². The average Bonchev–Trinajstić information content (AvgIpc) is 3.23. The molecule has 1 saturated heterocycles. The maximum Gasteiger partial charge on any atom is 0.273 e. The Bertz CT molecular complexity index is 729. The van der Waals surface area contributed by atoms with E-state index in [2.05, 4.69) is 22.0 Å². The van der Waals surface area contributed by atoms with Crippen molar-refractivity contribution in [2.75, 3.05) is 27.2 Å². The van der Waals surface area contributed by atoms with Gasteiger partial charge in [-0.1, -0.05) is 24.3 Å². The van der Waals surface area contributed by atoms with Crippen LogP contribution in [0.1, 0.15) is 33.0 Å². The highest BCUT2D eigenvalue weighted by atomic mass is 32.1. The molecule has 1 aromatic carbocycles. The molecule has 0 bridgehead atoms. The fourth-order valence-corrected chi connectivity index (χ4v) is 4.17. The van der Waals surface area contributed by atoms with Crippen molar-refractivity contribution in [1.82, 2.24) is 14.8 Å². The van der Waals surface area contributed by atoms with Gasteiger partial charge in [0.05, 0.1) is 6.61 Å². The van der Waals surface area contributed by atoms with Gasteiger partial charge in [-0.3, -0.25) is 4.79 Å².